The number of para-hydroxylation sites is 2. The summed E-state index contributed by atoms with van der Waals surface area (Å²) in [4.78, 5) is 18.7. The van der Waals surface area contributed by atoms with Gasteiger partial charge < -0.3 is 20.3 Å². The fraction of sp³-hybridized carbons (Fsp3) is 0.273. The number of anilines is 1. The molecule has 1 heterocycles. The van der Waals surface area contributed by atoms with E-state index < -0.39 is 0 Å². The SMILES string of the molecule is C=CCOc1ccccc1CNC(=NC)NCC(=O)N1CCc2ccccc21. The standard InChI is InChI=1S/C22H26N4O2/c1-3-14-28-20-11-7-5-9-18(20)15-24-22(23-2)25-16-21(27)26-13-12-17-8-4-6-10-19(17)26/h3-11H,1,12-16H2,2H3,(H2,23,24,25). The van der Waals surface area contributed by atoms with E-state index in [0.717, 1.165) is 30.0 Å². The van der Waals surface area contributed by atoms with Gasteiger partial charge in [-0.05, 0) is 24.1 Å². The Hall–Kier alpha value is -3.28. The minimum Gasteiger partial charge on any atom is -0.489 e. The molecule has 2 N–H and O–H groups in total. The van der Waals surface area contributed by atoms with Crippen LogP contribution in [0, 0.1) is 0 Å². The molecule has 0 bridgehead atoms. The summed E-state index contributed by atoms with van der Waals surface area (Å²) in [6.45, 7) is 5.57. The molecule has 28 heavy (non-hydrogen) atoms. The molecule has 1 aliphatic rings. The van der Waals surface area contributed by atoms with Crippen LogP contribution in [-0.4, -0.2) is 38.6 Å². The number of carbonyl (C=O) groups excluding carboxylic acids is 1. The summed E-state index contributed by atoms with van der Waals surface area (Å²) in [7, 11) is 1.69. The van der Waals surface area contributed by atoms with Gasteiger partial charge in [0.2, 0.25) is 5.91 Å². The van der Waals surface area contributed by atoms with Crippen LogP contribution in [0.4, 0.5) is 5.69 Å². The van der Waals surface area contributed by atoms with Crippen molar-refractivity contribution >= 4 is 17.6 Å². The van der Waals surface area contributed by atoms with Crippen molar-refractivity contribution in [2.45, 2.75) is 13.0 Å². The highest BCUT2D eigenvalue weighted by Crippen LogP contribution is 2.27. The molecule has 0 aromatic heterocycles. The number of hydrogen-bond acceptors (Lipinski definition) is 3. The molecule has 6 nitrogen and oxygen atoms in total. The lowest BCUT2D eigenvalue weighted by atomic mass is 10.2. The van der Waals surface area contributed by atoms with Gasteiger partial charge >= 0.3 is 0 Å². The van der Waals surface area contributed by atoms with Crippen molar-refractivity contribution in [2.24, 2.45) is 4.99 Å². The van der Waals surface area contributed by atoms with E-state index in [2.05, 4.69) is 28.3 Å². The molecule has 1 amide bonds. The van der Waals surface area contributed by atoms with Gasteiger partial charge in [-0.25, -0.2) is 0 Å². The fourth-order valence-electron chi connectivity index (χ4n) is 3.19. The minimum absolute atomic E-state index is 0.0302. The van der Waals surface area contributed by atoms with E-state index in [1.54, 1.807) is 13.1 Å². The number of nitrogens with one attached hydrogen (secondary N) is 2. The number of amides is 1. The molecule has 3 rings (SSSR count). The maximum absolute atomic E-state index is 12.6. The molecule has 2 aromatic rings. The van der Waals surface area contributed by atoms with Crippen LogP contribution in [0.15, 0.2) is 66.2 Å². The molecule has 0 unspecified atom stereocenters. The summed E-state index contributed by atoms with van der Waals surface area (Å²) in [5.41, 5.74) is 3.23. The third-order valence-electron chi connectivity index (χ3n) is 4.59. The third-order valence-corrected chi connectivity index (χ3v) is 4.59. The Kier molecular flexibility index (Phi) is 6.68. The molecule has 146 valence electrons. The topological polar surface area (TPSA) is 66.0 Å². The second kappa shape index (κ2) is 9.60. The molecular formula is C22H26N4O2. The van der Waals surface area contributed by atoms with E-state index in [1.807, 2.05) is 47.4 Å². The average molecular weight is 378 g/mol. The fourth-order valence-corrected chi connectivity index (χ4v) is 3.19. The summed E-state index contributed by atoms with van der Waals surface area (Å²) >= 11 is 0. The molecule has 0 fully saturated rings. The van der Waals surface area contributed by atoms with Crippen LogP contribution >= 0.6 is 0 Å². The van der Waals surface area contributed by atoms with Gasteiger partial charge in [0.25, 0.3) is 0 Å². The molecule has 2 aromatic carbocycles. The molecule has 0 aliphatic carbocycles. The average Bonchev–Trinajstić information content (AvgIpc) is 3.17. The van der Waals surface area contributed by atoms with Crippen molar-refractivity contribution in [1.82, 2.24) is 10.6 Å². The predicted octanol–water partition coefficient (Wildman–Crippen LogP) is 2.51. The lowest BCUT2D eigenvalue weighted by Gasteiger charge is -2.19. The van der Waals surface area contributed by atoms with Crippen LogP contribution in [0.25, 0.3) is 0 Å². The van der Waals surface area contributed by atoms with Crippen LogP contribution in [0.3, 0.4) is 0 Å². The molecule has 6 heteroatoms. The van der Waals surface area contributed by atoms with Gasteiger partial charge in [-0.15, -0.1) is 0 Å². The molecule has 0 saturated carbocycles. The normalized spacial score (nSPS) is 13.0. The summed E-state index contributed by atoms with van der Waals surface area (Å²) < 4.78 is 5.67. The van der Waals surface area contributed by atoms with E-state index in [0.29, 0.717) is 19.1 Å². The molecule has 0 saturated heterocycles. The number of aliphatic imine (C=N–C) groups is 1. The number of carbonyl (C=O) groups is 1. The summed E-state index contributed by atoms with van der Waals surface area (Å²) in [5.74, 6) is 1.40. The van der Waals surface area contributed by atoms with Gasteiger partial charge in [-0.2, -0.15) is 0 Å². The zero-order chi connectivity index (χ0) is 19.8. The number of ether oxygens (including phenoxy) is 1. The maximum Gasteiger partial charge on any atom is 0.246 e. The summed E-state index contributed by atoms with van der Waals surface area (Å²) in [6, 6.07) is 15.8. The van der Waals surface area contributed by atoms with Crippen LogP contribution < -0.4 is 20.3 Å². The molecule has 0 atom stereocenters. The Bertz CT molecular complexity index is 863. The van der Waals surface area contributed by atoms with E-state index in [-0.39, 0.29) is 12.5 Å². The number of guanidine groups is 1. The highest BCUT2D eigenvalue weighted by molar-refractivity contribution is 5.98. The predicted molar refractivity (Wildman–Crippen MR) is 113 cm³/mol. The number of rotatable bonds is 7. The second-order valence-corrected chi connectivity index (χ2v) is 6.41. The number of nitrogens with zero attached hydrogens (tertiary/aromatic N) is 2. The monoisotopic (exact) mass is 378 g/mol. The summed E-state index contributed by atoms with van der Waals surface area (Å²) in [6.07, 6.45) is 2.61. The Morgan fingerprint density at radius 3 is 2.82 bits per heavy atom. The van der Waals surface area contributed by atoms with E-state index in [1.165, 1.54) is 5.56 Å². The Morgan fingerprint density at radius 1 is 1.21 bits per heavy atom. The van der Waals surface area contributed by atoms with Crippen LogP contribution in [0.2, 0.25) is 0 Å². The minimum atomic E-state index is 0.0302. The number of benzene rings is 2. The zero-order valence-corrected chi connectivity index (χ0v) is 16.1. The van der Waals surface area contributed by atoms with Crippen LogP contribution in [-0.2, 0) is 17.8 Å². The first-order valence-corrected chi connectivity index (χ1v) is 9.37. The molecule has 0 spiro atoms. The van der Waals surface area contributed by atoms with Crippen LogP contribution in [0.1, 0.15) is 11.1 Å². The summed E-state index contributed by atoms with van der Waals surface area (Å²) in [5, 5.41) is 6.33. The van der Waals surface area contributed by atoms with Gasteiger partial charge in [0.15, 0.2) is 5.96 Å². The lowest BCUT2D eigenvalue weighted by Crippen LogP contribution is -2.44. The smallest absolute Gasteiger partial charge is 0.246 e. The Morgan fingerprint density at radius 2 is 2.00 bits per heavy atom. The van der Waals surface area contributed by atoms with E-state index >= 15 is 0 Å². The van der Waals surface area contributed by atoms with Gasteiger partial charge in [-0.3, -0.25) is 9.79 Å². The highest BCUT2D eigenvalue weighted by Gasteiger charge is 2.23. The zero-order valence-electron chi connectivity index (χ0n) is 16.1. The van der Waals surface area contributed by atoms with E-state index in [4.69, 9.17) is 4.74 Å². The largest absolute Gasteiger partial charge is 0.489 e. The quantitative estimate of drug-likeness (QED) is 0.441. The molecule has 1 aliphatic heterocycles. The van der Waals surface area contributed by atoms with Gasteiger partial charge in [0.05, 0.1) is 6.54 Å². The number of fused-ring (bicyclic) bond motifs is 1. The Labute approximate surface area is 165 Å². The van der Waals surface area contributed by atoms with Crippen molar-refractivity contribution in [3.8, 4) is 5.75 Å². The highest BCUT2D eigenvalue weighted by atomic mass is 16.5. The first kappa shape index (κ1) is 19.5. The van der Waals surface area contributed by atoms with E-state index in [9.17, 15) is 4.79 Å². The lowest BCUT2D eigenvalue weighted by molar-refractivity contribution is -0.117. The molecule has 0 radical (unpaired) electrons. The van der Waals surface area contributed by atoms with Crippen molar-refractivity contribution in [3.05, 3.63) is 72.3 Å². The van der Waals surface area contributed by atoms with Crippen molar-refractivity contribution < 1.29 is 9.53 Å². The molecular weight excluding hydrogens is 352 g/mol. The van der Waals surface area contributed by atoms with Crippen molar-refractivity contribution in [2.75, 3.05) is 31.6 Å². The van der Waals surface area contributed by atoms with Gasteiger partial charge in [0.1, 0.15) is 12.4 Å². The van der Waals surface area contributed by atoms with Crippen molar-refractivity contribution in [3.63, 3.8) is 0 Å². The van der Waals surface area contributed by atoms with Gasteiger partial charge in [-0.1, -0.05) is 49.1 Å². The van der Waals surface area contributed by atoms with Gasteiger partial charge in [0, 0.05) is 31.4 Å². The Balaban J connectivity index is 1.53. The third kappa shape index (κ3) is 4.71. The van der Waals surface area contributed by atoms with Crippen LogP contribution in [0.5, 0.6) is 5.75 Å². The first-order valence-electron chi connectivity index (χ1n) is 9.37. The second-order valence-electron chi connectivity index (χ2n) is 6.41. The number of hydrogen-bond donors (Lipinski definition) is 2. The van der Waals surface area contributed by atoms with Crippen molar-refractivity contribution in [1.29, 1.82) is 0 Å². The maximum atomic E-state index is 12.6. The first-order chi connectivity index (χ1) is 13.7.